The standard InChI is InChI=1S/C17H23N3O2.ClH/c21-16(9-13-5-2-1-3-6-13)20-8-4-7-15(20)17(22)19-12-14-10-18-11-14;/h1-3,5-6,14-15,18H,4,7-12H2,(H,19,22);1H. The van der Waals surface area contributed by atoms with Crippen LogP contribution in [0, 0.1) is 5.92 Å². The van der Waals surface area contributed by atoms with Crippen LogP contribution in [0.3, 0.4) is 0 Å². The first-order valence-electron chi connectivity index (χ1n) is 8.06. The monoisotopic (exact) mass is 337 g/mol. The van der Waals surface area contributed by atoms with Gasteiger partial charge in [0.1, 0.15) is 6.04 Å². The Kier molecular flexibility index (Phi) is 6.42. The Hall–Kier alpha value is -1.59. The number of amides is 2. The SMILES string of the molecule is Cl.O=C(NCC1CNC1)C1CCCN1C(=O)Cc1ccccc1. The molecule has 2 N–H and O–H groups in total. The van der Waals surface area contributed by atoms with E-state index in [1.54, 1.807) is 4.90 Å². The van der Waals surface area contributed by atoms with Crippen LogP contribution in [0.4, 0.5) is 0 Å². The first-order valence-corrected chi connectivity index (χ1v) is 8.06. The minimum atomic E-state index is -0.288. The Morgan fingerprint density at radius 3 is 2.61 bits per heavy atom. The van der Waals surface area contributed by atoms with E-state index in [0.717, 1.165) is 31.5 Å². The van der Waals surface area contributed by atoms with Gasteiger partial charge in [0, 0.05) is 32.1 Å². The number of nitrogens with zero attached hydrogens (tertiary/aromatic N) is 1. The van der Waals surface area contributed by atoms with Gasteiger partial charge in [-0.25, -0.2) is 0 Å². The average molecular weight is 338 g/mol. The Morgan fingerprint density at radius 2 is 1.96 bits per heavy atom. The van der Waals surface area contributed by atoms with Crippen molar-refractivity contribution >= 4 is 24.2 Å². The van der Waals surface area contributed by atoms with Crippen molar-refractivity contribution in [2.75, 3.05) is 26.2 Å². The zero-order chi connectivity index (χ0) is 15.4. The van der Waals surface area contributed by atoms with Gasteiger partial charge >= 0.3 is 0 Å². The number of carbonyl (C=O) groups is 2. The molecule has 1 aromatic rings. The van der Waals surface area contributed by atoms with Crippen molar-refractivity contribution < 1.29 is 9.59 Å². The highest BCUT2D eigenvalue weighted by Crippen LogP contribution is 2.19. The Bertz CT molecular complexity index is 534. The van der Waals surface area contributed by atoms with Crippen LogP contribution < -0.4 is 10.6 Å². The first kappa shape index (κ1) is 17.8. The third-order valence-electron chi connectivity index (χ3n) is 4.50. The number of nitrogens with one attached hydrogen (secondary N) is 2. The summed E-state index contributed by atoms with van der Waals surface area (Å²) in [7, 11) is 0. The lowest BCUT2D eigenvalue weighted by Gasteiger charge is -2.29. The molecule has 2 saturated heterocycles. The highest BCUT2D eigenvalue weighted by atomic mass is 35.5. The third-order valence-corrected chi connectivity index (χ3v) is 4.50. The van der Waals surface area contributed by atoms with Crippen LogP contribution in [-0.2, 0) is 16.0 Å². The summed E-state index contributed by atoms with van der Waals surface area (Å²) in [4.78, 5) is 26.6. The van der Waals surface area contributed by atoms with Gasteiger partial charge < -0.3 is 15.5 Å². The molecule has 126 valence electrons. The zero-order valence-electron chi connectivity index (χ0n) is 13.2. The molecule has 1 unspecified atom stereocenters. The van der Waals surface area contributed by atoms with Crippen molar-refractivity contribution in [3.05, 3.63) is 35.9 Å². The second kappa shape index (κ2) is 8.31. The number of benzene rings is 1. The fraction of sp³-hybridized carbons (Fsp3) is 0.529. The molecule has 0 radical (unpaired) electrons. The van der Waals surface area contributed by atoms with Crippen molar-refractivity contribution in [3.8, 4) is 0 Å². The lowest BCUT2D eigenvalue weighted by atomic mass is 10.0. The van der Waals surface area contributed by atoms with Crippen molar-refractivity contribution in [1.29, 1.82) is 0 Å². The Labute approximate surface area is 143 Å². The predicted molar refractivity (Wildman–Crippen MR) is 91.5 cm³/mol. The van der Waals surface area contributed by atoms with E-state index in [2.05, 4.69) is 10.6 Å². The van der Waals surface area contributed by atoms with Gasteiger partial charge in [-0.3, -0.25) is 9.59 Å². The van der Waals surface area contributed by atoms with Gasteiger partial charge in [0.25, 0.3) is 0 Å². The largest absolute Gasteiger partial charge is 0.354 e. The molecule has 2 amide bonds. The van der Waals surface area contributed by atoms with Crippen LogP contribution in [-0.4, -0.2) is 48.9 Å². The summed E-state index contributed by atoms with van der Waals surface area (Å²) < 4.78 is 0. The van der Waals surface area contributed by atoms with Gasteiger partial charge in [-0.05, 0) is 18.4 Å². The van der Waals surface area contributed by atoms with E-state index < -0.39 is 0 Å². The van der Waals surface area contributed by atoms with Crippen LogP contribution in [0.5, 0.6) is 0 Å². The van der Waals surface area contributed by atoms with Gasteiger partial charge in [0.15, 0.2) is 0 Å². The molecule has 2 aliphatic heterocycles. The maximum atomic E-state index is 12.5. The molecule has 2 aliphatic rings. The molecule has 6 heteroatoms. The minimum absolute atomic E-state index is 0. The van der Waals surface area contributed by atoms with Crippen LogP contribution in [0.15, 0.2) is 30.3 Å². The summed E-state index contributed by atoms with van der Waals surface area (Å²) in [6.07, 6.45) is 2.05. The first-order chi connectivity index (χ1) is 10.7. The van der Waals surface area contributed by atoms with Crippen LogP contribution in [0.1, 0.15) is 18.4 Å². The molecular formula is C17H24ClN3O2. The van der Waals surface area contributed by atoms with E-state index >= 15 is 0 Å². The van der Waals surface area contributed by atoms with Crippen molar-refractivity contribution in [1.82, 2.24) is 15.5 Å². The van der Waals surface area contributed by atoms with Gasteiger partial charge in [-0.2, -0.15) is 0 Å². The van der Waals surface area contributed by atoms with E-state index in [-0.39, 0.29) is 30.3 Å². The smallest absolute Gasteiger partial charge is 0.242 e. The van der Waals surface area contributed by atoms with E-state index in [0.29, 0.717) is 25.4 Å². The second-order valence-corrected chi connectivity index (χ2v) is 6.18. The number of carbonyl (C=O) groups excluding carboxylic acids is 2. The fourth-order valence-corrected chi connectivity index (χ4v) is 3.07. The molecule has 0 spiro atoms. The van der Waals surface area contributed by atoms with E-state index in [1.807, 2.05) is 30.3 Å². The van der Waals surface area contributed by atoms with Crippen LogP contribution >= 0.6 is 12.4 Å². The number of hydrogen-bond donors (Lipinski definition) is 2. The molecule has 5 nitrogen and oxygen atoms in total. The zero-order valence-corrected chi connectivity index (χ0v) is 14.0. The quantitative estimate of drug-likeness (QED) is 0.842. The fourth-order valence-electron chi connectivity index (χ4n) is 3.07. The van der Waals surface area contributed by atoms with Gasteiger partial charge in [-0.15, -0.1) is 12.4 Å². The van der Waals surface area contributed by atoms with E-state index in [4.69, 9.17) is 0 Å². The van der Waals surface area contributed by atoms with E-state index in [9.17, 15) is 9.59 Å². The molecule has 1 atom stereocenters. The highest BCUT2D eigenvalue weighted by Gasteiger charge is 2.34. The lowest BCUT2D eigenvalue weighted by Crippen LogP contribution is -2.52. The van der Waals surface area contributed by atoms with E-state index in [1.165, 1.54) is 0 Å². The average Bonchev–Trinajstić information content (AvgIpc) is 2.96. The summed E-state index contributed by atoms with van der Waals surface area (Å²) in [6, 6.07) is 9.42. The summed E-state index contributed by atoms with van der Waals surface area (Å²) in [5, 5.41) is 6.20. The normalized spacial score (nSPS) is 20.5. The molecule has 0 aliphatic carbocycles. The molecule has 0 saturated carbocycles. The predicted octanol–water partition coefficient (Wildman–Crippen LogP) is 0.977. The van der Waals surface area contributed by atoms with Crippen LogP contribution in [0.2, 0.25) is 0 Å². The second-order valence-electron chi connectivity index (χ2n) is 6.18. The Morgan fingerprint density at radius 1 is 1.22 bits per heavy atom. The molecule has 1 aromatic carbocycles. The topological polar surface area (TPSA) is 61.4 Å². The van der Waals surface area contributed by atoms with Gasteiger partial charge in [0.2, 0.25) is 11.8 Å². The molecule has 2 heterocycles. The van der Waals surface area contributed by atoms with Gasteiger partial charge in [0.05, 0.1) is 6.42 Å². The number of likely N-dealkylation sites (tertiary alicyclic amines) is 1. The summed E-state index contributed by atoms with van der Waals surface area (Å²) >= 11 is 0. The molecular weight excluding hydrogens is 314 g/mol. The maximum absolute atomic E-state index is 12.5. The summed E-state index contributed by atoms with van der Waals surface area (Å²) in [5.41, 5.74) is 0.999. The van der Waals surface area contributed by atoms with Crippen molar-refractivity contribution in [2.45, 2.75) is 25.3 Å². The molecule has 0 aromatic heterocycles. The minimum Gasteiger partial charge on any atom is -0.354 e. The Balaban J connectivity index is 0.00000192. The lowest BCUT2D eigenvalue weighted by molar-refractivity contribution is -0.138. The number of rotatable bonds is 5. The van der Waals surface area contributed by atoms with Crippen molar-refractivity contribution in [3.63, 3.8) is 0 Å². The highest BCUT2D eigenvalue weighted by molar-refractivity contribution is 5.89. The van der Waals surface area contributed by atoms with Crippen molar-refractivity contribution in [2.24, 2.45) is 5.92 Å². The van der Waals surface area contributed by atoms with Gasteiger partial charge in [-0.1, -0.05) is 30.3 Å². The molecule has 0 bridgehead atoms. The molecule has 3 rings (SSSR count). The molecule has 23 heavy (non-hydrogen) atoms. The third kappa shape index (κ3) is 4.45. The number of hydrogen-bond acceptors (Lipinski definition) is 3. The molecule has 2 fully saturated rings. The maximum Gasteiger partial charge on any atom is 0.242 e. The summed E-state index contributed by atoms with van der Waals surface area (Å²) in [6.45, 7) is 3.35. The van der Waals surface area contributed by atoms with Crippen LogP contribution in [0.25, 0.3) is 0 Å². The number of halogens is 1. The summed E-state index contributed by atoms with van der Waals surface area (Å²) in [5.74, 6) is 0.596.